The van der Waals surface area contributed by atoms with Crippen LogP contribution in [0, 0.1) is 12.8 Å². The number of fused-ring (bicyclic) bond motifs is 2. The average Bonchev–Trinajstić information content (AvgIpc) is 3.59. The summed E-state index contributed by atoms with van der Waals surface area (Å²) in [5, 5.41) is 2.61. The first-order chi connectivity index (χ1) is 18.3. The Hall–Kier alpha value is -3.41. The molecule has 3 amide bonds. The third-order valence-electron chi connectivity index (χ3n) is 6.70. The highest BCUT2D eigenvalue weighted by Crippen LogP contribution is 2.53. The zero-order valence-electron chi connectivity index (χ0n) is 19.9. The number of carbonyl (C=O) groups excluding carboxylic acids is 3. The van der Waals surface area contributed by atoms with Crippen molar-refractivity contribution < 1.29 is 18.8 Å². The summed E-state index contributed by atoms with van der Waals surface area (Å²) in [6.45, 7) is 1.67. The Morgan fingerprint density at radius 1 is 1.03 bits per heavy atom. The van der Waals surface area contributed by atoms with Gasteiger partial charge in [-0.2, -0.15) is 0 Å². The van der Waals surface area contributed by atoms with Crippen LogP contribution in [0.2, 0.25) is 0 Å². The number of nitrogens with zero attached hydrogens (tertiary/aromatic N) is 2. The number of thiazole rings is 1. The Morgan fingerprint density at radius 2 is 1.79 bits per heavy atom. The number of rotatable bonds is 5. The minimum absolute atomic E-state index is 0.215. The largest absolute Gasteiger partial charge is 0.469 e. The molecule has 4 heterocycles. The second-order valence-electron chi connectivity index (χ2n) is 9.03. The highest BCUT2D eigenvalue weighted by atomic mass is 79.9. The predicted octanol–water partition coefficient (Wildman–Crippen LogP) is 5.01. The van der Waals surface area contributed by atoms with Gasteiger partial charge in [-0.05, 0) is 55.0 Å². The molecule has 1 N–H and O–H groups in total. The van der Waals surface area contributed by atoms with E-state index in [1.807, 2.05) is 25.1 Å². The van der Waals surface area contributed by atoms with Crippen LogP contribution in [0.1, 0.15) is 22.1 Å². The number of halogens is 1. The van der Waals surface area contributed by atoms with E-state index in [4.69, 9.17) is 4.42 Å². The van der Waals surface area contributed by atoms with Gasteiger partial charge in [-0.1, -0.05) is 57.2 Å². The first kappa shape index (κ1) is 24.9. The van der Waals surface area contributed by atoms with Gasteiger partial charge >= 0.3 is 4.87 Å². The van der Waals surface area contributed by atoms with Gasteiger partial charge in [0.25, 0.3) is 0 Å². The summed E-state index contributed by atoms with van der Waals surface area (Å²) in [6, 6.07) is 17.8. The molecule has 2 aromatic carbocycles. The molecule has 4 aromatic rings. The van der Waals surface area contributed by atoms with E-state index in [0.717, 1.165) is 21.4 Å². The van der Waals surface area contributed by atoms with E-state index in [1.165, 1.54) is 27.5 Å². The van der Waals surface area contributed by atoms with Crippen molar-refractivity contribution >= 4 is 68.1 Å². The standard InChI is InChI=1S/C27H20BrN3O5S2/c1-14-5-2-3-6-17(14)29-19(32)13-30-26-23(38-27(30)35)20(18-7-4-12-36-18)21-22(37-26)25(34)31(24(21)33)16-10-8-15(28)9-11-16/h2-12,20-22H,13H2,1H3,(H,29,32). The van der Waals surface area contributed by atoms with Crippen LogP contribution in [0.4, 0.5) is 11.4 Å². The van der Waals surface area contributed by atoms with E-state index in [9.17, 15) is 19.2 Å². The Labute approximate surface area is 233 Å². The van der Waals surface area contributed by atoms with Gasteiger partial charge in [0.2, 0.25) is 17.7 Å². The van der Waals surface area contributed by atoms with Gasteiger partial charge in [0.1, 0.15) is 17.6 Å². The van der Waals surface area contributed by atoms with Crippen molar-refractivity contribution in [3.63, 3.8) is 0 Å². The highest BCUT2D eigenvalue weighted by Gasteiger charge is 2.57. The number of hydrogen-bond donors (Lipinski definition) is 1. The Morgan fingerprint density at radius 3 is 2.50 bits per heavy atom. The highest BCUT2D eigenvalue weighted by molar-refractivity contribution is 9.10. The molecule has 1 fully saturated rings. The maximum Gasteiger partial charge on any atom is 0.308 e. The second kappa shape index (κ2) is 9.72. The van der Waals surface area contributed by atoms with Crippen molar-refractivity contribution in [3.05, 3.63) is 97.3 Å². The summed E-state index contributed by atoms with van der Waals surface area (Å²) < 4.78 is 7.94. The number of anilines is 2. The second-order valence-corrected chi connectivity index (χ2v) is 12.1. The van der Waals surface area contributed by atoms with Crippen molar-refractivity contribution in [2.24, 2.45) is 5.92 Å². The zero-order valence-corrected chi connectivity index (χ0v) is 23.1. The first-order valence-corrected chi connectivity index (χ1v) is 14.2. The molecule has 3 unspecified atom stereocenters. The SMILES string of the molecule is Cc1ccccc1NC(=O)Cn1c2c(sc1=O)C(c1ccco1)C1C(=O)N(c3ccc(Br)cc3)C(=O)C1S2. The van der Waals surface area contributed by atoms with Crippen molar-refractivity contribution in [1.29, 1.82) is 0 Å². The number of aromatic nitrogens is 1. The van der Waals surface area contributed by atoms with Crippen LogP contribution in [0.25, 0.3) is 0 Å². The number of imide groups is 1. The minimum Gasteiger partial charge on any atom is -0.469 e. The molecular weight excluding hydrogens is 590 g/mol. The van der Waals surface area contributed by atoms with E-state index >= 15 is 0 Å². The van der Waals surface area contributed by atoms with Crippen molar-refractivity contribution in [3.8, 4) is 0 Å². The molecule has 0 radical (unpaired) electrons. The van der Waals surface area contributed by atoms with Gasteiger partial charge in [-0.25, -0.2) is 4.90 Å². The minimum atomic E-state index is -0.770. The van der Waals surface area contributed by atoms with Gasteiger partial charge in [-0.15, -0.1) is 0 Å². The van der Waals surface area contributed by atoms with Crippen LogP contribution in [0.3, 0.4) is 0 Å². The predicted molar refractivity (Wildman–Crippen MR) is 149 cm³/mol. The molecule has 1 saturated heterocycles. The molecule has 3 atom stereocenters. The fourth-order valence-electron chi connectivity index (χ4n) is 4.92. The number of hydrogen-bond acceptors (Lipinski definition) is 7. The summed E-state index contributed by atoms with van der Waals surface area (Å²) >= 11 is 5.54. The Kier molecular flexibility index (Phi) is 6.37. The lowest BCUT2D eigenvalue weighted by molar-refractivity contribution is -0.122. The lowest BCUT2D eigenvalue weighted by Crippen LogP contribution is -2.32. The lowest BCUT2D eigenvalue weighted by atomic mass is 9.87. The molecule has 2 aliphatic rings. The number of nitrogens with one attached hydrogen (secondary N) is 1. The Bertz CT molecular complexity index is 1630. The van der Waals surface area contributed by atoms with Crippen LogP contribution < -0.4 is 15.1 Å². The molecule has 2 aliphatic heterocycles. The summed E-state index contributed by atoms with van der Waals surface area (Å²) in [4.78, 5) is 55.0. The van der Waals surface area contributed by atoms with Crippen molar-refractivity contribution in [2.45, 2.75) is 29.7 Å². The monoisotopic (exact) mass is 609 g/mol. The fourth-order valence-corrected chi connectivity index (χ4v) is 7.94. The quantitative estimate of drug-likeness (QED) is 0.319. The van der Waals surface area contributed by atoms with Crippen LogP contribution in [-0.4, -0.2) is 27.5 Å². The number of para-hydroxylation sites is 1. The van der Waals surface area contributed by atoms with E-state index in [2.05, 4.69) is 21.2 Å². The summed E-state index contributed by atoms with van der Waals surface area (Å²) in [5.74, 6) is -1.93. The molecule has 38 heavy (non-hydrogen) atoms. The molecule has 8 nitrogen and oxygen atoms in total. The van der Waals surface area contributed by atoms with Gasteiger partial charge in [-0.3, -0.25) is 23.7 Å². The van der Waals surface area contributed by atoms with Crippen molar-refractivity contribution in [2.75, 3.05) is 10.2 Å². The third kappa shape index (κ3) is 4.14. The average molecular weight is 611 g/mol. The van der Waals surface area contributed by atoms with Gasteiger partial charge in [0, 0.05) is 10.2 Å². The number of amides is 3. The van der Waals surface area contributed by atoms with Crippen LogP contribution in [0.5, 0.6) is 0 Å². The number of carbonyl (C=O) groups is 3. The Balaban J connectivity index is 1.39. The number of benzene rings is 2. The maximum atomic E-state index is 13.7. The normalized spacial score (nSPS) is 20.4. The van der Waals surface area contributed by atoms with Gasteiger partial charge in [0.05, 0.1) is 33.7 Å². The van der Waals surface area contributed by atoms with Crippen LogP contribution in [-0.2, 0) is 20.9 Å². The number of thioether (sulfide) groups is 1. The van der Waals surface area contributed by atoms with E-state index < -0.39 is 17.1 Å². The number of furan rings is 1. The summed E-state index contributed by atoms with van der Waals surface area (Å²) in [5.41, 5.74) is 2.05. The molecule has 11 heteroatoms. The summed E-state index contributed by atoms with van der Waals surface area (Å²) in [7, 11) is 0. The zero-order chi connectivity index (χ0) is 26.6. The molecular formula is C27H20BrN3O5S2. The topological polar surface area (TPSA) is 102 Å². The van der Waals surface area contributed by atoms with Crippen LogP contribution in [0.15, 0.2) is 85.6 Å². The molecule has 6 rings (SSSR count). The lowest BCUT2D eigenvalue weighted by Gasteiger charge is -2.29. The molecule has 2 aromatic heterocycles. The van der Waals surface area contributed by atoms with E-state index in [-0.39, 0.29) is 29.1 Å². The molecule has 0 aliphatic carbocycles. The van der Waals surface area contributed by atoms with E-state index in [0.29, 0.717) is 27.0 Å². The maximum absolute atomic E-state index is 13.7. The molecule has 0 bridgehead atoms. The fraction of sp³-hybridized carbons (Fsp3) is 0.185. The molecule has 192 valence electrons. The molecule has 0 spiro atoms. The molecule has 0 saturated carbocycles. The first-order valence-electron chi connectivity index (χ1n) is 11.8. The smallest absolute Gasteiger partial charge is 0.308 e. The van der Waals surface area contributed by atoms with Crippen LogP contribution >= 0.6 is 39.0 Å². The van der Waals surface area contributed by atoms with Gasteiger partial charge < -0.3 is 9.73 Å². The van der Waals surface area contributed by atoms with E-state index in [1.54, 1.807) is 42.5 Å². The van der Waals surface area contributed by atoms with Gasteiger partial charge in [0.15, 0.2) is 0 Å². The number of aryl methyl sites for hydroxylation is 1. The van der Waals surface area contributed by atoms with Crippen molar-refractivity contribution in [1.82, 2.24) is 4.57 Å². The third-order valence-corrected chi connectivity index (χ3v) is 9.84. The summed E-state index contributed by atoms with van der Waals surface area (Å²) in [6.07, 6.45) is 1.51.